The standard InChI is InChI=1S/C45H70N6O9/c1-12-35-45(9)39-29(5)36(49(13-2)26-50(51(39)43(55)60-45)21-17-20-48-24-33(46-25-48)32-18-15-14-16-19-32)27(3)23-44(8,56)40(30(6)37(52)31(7)41(54)58-35)59-42-38(53)34(47(10)11)22-28(4)57-42/h14-16,18-19,24-25,27-31,34-36,38-40,42,53,56H,12-13,17,20-23,26H2,1-11H3/t27-,28-,29-,30+,31-,34+,35+,36?,38-,39-,40-,42+,44+,45-/m1/s1. The molecule has 4 aliphatic rings. The van der Waals surface area contributed by atoms with Gasteiger partial charge in [0.25, 0.3) is 0 Å². The number of rotatable bonds is 10. The zero-order valence-electron chi connectivity index (χ0n) is 37.6. The summed E-state index contributed by atoms with van der Waals surface area (Å²) in [5, 5.41) is 28.0. The maximum Gasteiger partial charge on any atom is 0.425 e. The number of likely N-dealkylation sites (N-methyl/N-ethyl adjacent to an activating group) is 1. The number of aromatic nitrogens is 2. The zero-order chi connectivity index (χ0) is 43.8. The zero-order valence-corrected chi connectivity index (χ0v) is 37.6. The van der Waals surface area contributed by atoms with E-state index in [1.165, 1.54) is 6.92 Å². The van der Waals surface area contributed by atoms with E-state index < -0.39 is 71.5 Å². The van der Waals surface area contributed by atoms with Crippen LogP contribution >= 0.6 is 0 Å². The first-order chi connectivity index (χ1) is 28.3. The number of fused-ring (bicyclic) bond motifs is 1. The number of esters is 1. The van der Waals surface area contributed by atoms with E-state index >= 15 is 0 Å². The van der Waals surface area contributed by atoms with E-state index in [0.29, 0.717) is 45.6 Å². The van der Waals surface area contributed by atoms with Gasteiger partial charge >= 0.3 is 12.1 Å². The summed E-state index contributed by atoms with van der Waals surface area (Å²) in [4.78, 5) is 51.7. The molecule has 1 aromatic heterocycles. The lowest BCUT2D eigenvalue weighted by molar-refractivity contribution is -0.293. The fourth-order valence-electron chi connectivity index (χ4n) is 10.9. The Kier molecular flexibility index (Phi) is 14.2. The number of hydrogen-bond donors (Lipinski definition) is 2. The molecule has 334 valence electrons. The minimum atomic E-state index is -1.63. The number of aliphatic hydroxyl groups excluding tert-OH is 1. The number of Topliss-reactive ketones (excluding diaryl/α,β-unsaturated/α-hetero) is 1. The van der Waals surface area contributed by atoms with Crippen molar-refractivity contribution in [1.29, 1.82) is 0 Å². The second kappa shape index (κ2) is 18.5. The number of amides is 1. The highest BCUT2D eigenvalue weighted by atomic mass is 16.7. The van der Waals surface area contributed by atoms with E-state index in [4.69, 9.17) is 18.9 Å². The Bertz CT molecular complexity index is 1790. The van der Waals surface area contributed by atoms with Crippen molar-refractivity contribution in [3.05, 3.63) is 42.9 Å². The van der Waals surface area contributed by atoms with Gasteiger partial charge in [0.2, 0.25) is 0 Å². The highest BCUT2D eigenvalue weighted by Gasteiger charge is 2.63. The molecule has 15 nitrogen and oxygen atoms in total. The molecule has 1 aromatic carbocycles. The highest BCUT2D eigenvalue weighted by molar-refractivity contribution is 6.00. The van der Waals surface area contributed by atoms with Crippen molar-refractivity contribution in [3.63, 3.8) is 0 Å². The van der Waals surface area contributed by atoms with Crippen LogP contribution in [0.1, 0.15) is 88.0 Å². The highest BCUT2D eigenvalue weighted by Crippen LogP contribution is 2.46. The molecule has 0 aliphatic carbocycles. The molecule has 1 amide bonds. The van der Waals surface area contributed by atoms with Crippen molar-refractivity contribution in [2.45, 2.75) is 155 Å². The third-order valence-electron chi connectivity index (χ3n) is 13.8. The number of benzene rings is 1. The summed E-state index contributed by atoms with van der Waals surface area (Å²) in [6.45, 7) is 19.1. The molecule has 2 N–H and O–H groups in total. The lowest BCUT2D eigenvalue weighted by Gasteiger charge is -2.48. The first-order valence-electron chi connectivity index (χ1n) is 22.0. The summed E-state index contributed by atoms with van der Waals surface area (Å²) in [5.41, 5.74) is -0.973. The minimum absolute atomic E-state index is 0.203. The van der Waals surface area contributed by atoms with Crippen LogP contribution in [0.3, 0.4) is 0 Å². The number of imidazole rings is 1. The van der Waals surface area contributed by atoms with Gasteiger partial charge in [-0.1, -0.05) is 65.0 Å². The van der Waals surface area contributed by atoms with Gasteiger partial charge in [-0.25, -0.2) is 19.8 Å². The minimum Gasteiger partial charge on any atom is -0.458 e. The van der Waals surface area contributed by atoms with Gasteiger partial charge in [0.15, 0.2) is 17.7 Å². The SMILES string of the molecule is CC[C@@H]1OC(=O)[C@H](C)C(=O)[C@H](C)[C@@H](O[C@@H]2O[C@H](C)C[C@H](N(C)C)[C@H]2O)[C@@](C)(O)C[C@@H](C)C2[C@@H](C)[C@H]3N(C(=O)O[C@]13C)N(CCCn1cnc(-c3ccccc3)c1)CN2CC. The van der Waals surface area contributed by atoms with E-state index in [2.05, 4.69) is 40.2 Å². The van der Waals surface area contributed by atoms with Crippen LogP contribution in [-0.4, -0.2) is 151 Å². The summed E-state index contributed by atoms with van der Waals surface area (Å²) in [6.07, 6.45) is 0.708. The molecule has 4 saturated heterocycles. The first-order valence-corrected chi connectivity index (χ1v) is 22.0. The van der Waals surface area contributed by atoms with Gasteiger partial charge in [-0.2, -0.15) is 0 Å². The van der Waals surface area contributed by atoms with E-state index in [0.717, 1.165) is 11.3 Å². The van der Waals surface area contributed by atoms with Crippen molar-refractivity contribution < 1.29 is 43.5 Å². The fraction of sp³-hybridized carbons (Fsp3) is 0.733. The van der Waals surface area contributed by atoms with Gasteiger partial charge in [-0.05, 0) is 85.9 Å². The maximum atomic E-state index is 14.4. The van der Waals surface area contributed by atoms with Crippen LogP contribution < -0.4 is 0 Å². The number of hydrogen-bond acceptors (Lipinski definition) is 13. The number of nitrogens with zero attached hydrogens (tertiary/aromatic N) is 6. The van der Waals surface area contributed by atoms with Gasteiger partial charge in [0.05, 0.1) is 42.5 Å². The van der Waals surface area contributed by atoms with Gasteiger partial charge < -0.3 is 38.6 Å². The van der Waals surface area contributed by atoms with E-state index in [1.54, 1.807) is 18.9 Å². The molecule has 4 aliphatic heterocycles. The molecule has 1 unspecified atom stereocenters. The van der Waals surface area contributed by atoms with Gasteiger partial charge in [0.1, 0.15) is 18.1 Å². The molecular formula is C45H70N6O9. The van der Waals surface area contributed by atoms with Crippen LogP contribution in [0.4, 0.5) is 4.79 Å². The normalized spacial score (nSPS) is 38.7. The van der Waals surface area contributed by atoms with E-state index in [9.17, 15) is 24.6 Å². The molecule has 15 heteroatoms. The van der Waals surface area contributed by atoms with Gasteiger partial charge in [0, 0.05) is 42.9 Å². The Labute approximate surface area is 356 Å². The van der Waals surface area contributed by atoms with Crippen molar-refractivity contribution in [2.75, 3.05) is 33.9 Å². The maximum absolute atomic E-state index is 14.4. The molecule has 6 rings (SSSR count). The van der Waals surface area contributed by atoms with Crippen molar-refractivity contribution in [1.82, 2.24) is 29.4 Å². The Balaban J connectivity index is 1.36. The van der Waals surface area contributed by atoms with Crippen molar-refractivity contribution in [2.24, 2.45) is 23.7 Å². The van der Waals surface area contributed by atoms with Crippen LogP contribution in [0.5, 0.6) is 0 Å². The lowest BCUT2D eigenvalue weighted by atomic mass is 9.71. The molecule has 0 saturated carbocycles. The Morgan fingerprint density at radius 2 is 1.72 bits per heavy atom. The first kappa shape index (κ1) is 46.1. The summed E-state index contributed by atoms with van der Waals surface area (Å²) in [6, 6.07) is 8.98. The number of hydrazine groups is 1. The number of aliphatic hydroxyl groups is 2. The van der Waals surface area contributed by atoms with Crippen LogP contribution in [-0.2, 0) is 35.1 Å². The summed E-state index contributed by atoms with van der Waals surface area (Å²) < 4.78 is 27.5. The molecule has 5 heterocycles. The predicted octanol–water partition coefficient (Wildman–Crippen LogP) is 4.80. The van der Waals surface area contributed by atoms with E-state index in [1.807, 2.05) is 82.6 Å². The largest absolute Gasteiger partial charge is 0.458 e. The fourth-order valence-corrected chi connectivity index (χ4v) is 10.9. The van der Waals surface area contributed by atoms with Crippen LogP contribution in [0.25, 0.3) is 11.3 Å². The Morgan fingerprint density at radius 3 is 2.37 bits per heavy atom. The number of ether oxygens (including phenoxy) is 4. The number of cyclic esters (lactones) is 1. The number of carbonyl (C=O) groups excluding carboxylic acids is 3. The summed E-state index contributed by atoms with van der Waals surface area (Å²) >= 11 is 0. The lowest BCUT2D eigenvalue weighted by Crippen LogP contribution is -2.61. The Morgan fingerprint density at radius 1 is 1.02 bits per heavy atom. The smallest absolute Gasteiger partial charge is 0.425 e. The van der Waals surface area contributed by atoms with Gasteiger partial charge in [-0.15, -0.1) is 0 Å². The molecule has 2 aromatic rings. The average molecular weight is 839 g/mol. The van der Waals surface area contributed by atoms with E-state index in [-0.39, 0.29) is 36.4 Å². The van der Waals surface area contributed by atoms with Gasteiger partial charge in [-0.3, -0.25) is 14.5 Å². The van der Waals surface area contributed by atoms with Crippen molar-refractivity contribution in [3.8, 4) is 11.3 Å². The molecule has 2 bridgehead atoms. The van der Waals surface area contributed by atoms with Crippen molar-refractivity contribution >= 4 is 17.8 Å². The third-order valence-corrected chi connectivity index (χ3v) is 13.8. The van der Waals surface area contributed by atoms with Crippen LogP contribution in [0, 0.1) is 23.7 Å². The molecule has 0 spiro atoms. The molecule has 0 radical (unpaired) electrons. The van der Waals surface area contributed by atoms with Crippen LogP contribution in [0.15, 0.2) is 42.9 Å². The third kappa shape index (κ3) is 9.04. The molecule has 60 heavy (non-hydrogen) atoms. The Hall–Kier alpha value is -3.44. The predicted molar refractivity (Wildman–Crippen MR) is 225 cm³/mol. The topological polar surface area (TPSA) is 159 Å². The average Bonchev–Trinajstić information content (AvgIpc) is 3.75. The molecule has 14 atom stereocenters. The summed E-state index contributed by atoms with van der Waals surface area (Å²) in [7, 11) is 3.77. The van der Waals surface area contributed by atoms with Crippen LogP contribution in [0.2, 0.25) is 0 Å². The number of carbonyl (C=O) groups is 3. The second-order valence-electron chi connectivity index (χ2n) is 18.6. The second-order valence-corrected chi connectivity index (χ2v) is 18.6. The molecular weight excluding hydrogens is 769 g/mol. The quantitative estimate of drug-likeness (QED) is 0.249. The molecule has 4 fully saturated rings. The number of aryl methyl sites for hydroxylation is 1. The summed E-state index contributed by atoms with van der Waals surface area (Å²) in [5.74, 6) is -3.87. The monoisotopic (exact) mass is 839 g/mol. The number of ketones is 1.